The van der Waals surface area contributed by atoms with Crippen LogP contribution in [0.3, 0.4) is 0 Å². The maximum atomic E-state index is 11.1. The second-order valence-electron chi connectivity index (χ2n) is 2.43. The Balaban J connectivity index is 0. The number of rotatable bonds is 0. The first-order valence-electron chi connectivity index (χ1n) is 3.27. The summed E-state index contributed by atoms with van der Waals surface area (Å²) in [5, 5.41) is 0. The Morgan fingerprint density at radius 3 is 2.13 bits per heavy atom. The molecule has 1 aromatic carbocycles. The van der Waals surface area contributed by atoms with Crippen molar-refractivity contribution in [1.82, 2.24) is 4.72 Å². The van der Waals surface area contributed by atoms with Gasteiger partial charge in [0.1, 0.15) is 4.90 Å². The molecule has 78 valence electrons. The minimum atomic E-state index is -3.55. The Kier molecular flexibility index (Phi) is 6.33. The third-order valence-corrected chi connectivity index (χ3v) is 3.04. The average molecular weight is 242 g/mol. The zero-order valence-corrected chi connectivity index (χ0v) is 10.8. The van der Waals surface area contributed by atoms with Gasteiger partial charge < -0.3 is 11.0 Å². The SMILES string of the molecule is O.O.O=C1NS(=O)(=O)c2ccccc21.[Na+]. The van der Waals surface area contributed by atoms with Crippen LogP contribution in [0.25, 0.3) is 0 Å². The van der Waals surface area contributed by atoms with Crippen molar-refractivity contribution >= 4 is 15.9 Å². The second kappa shape index (κ2) is 5.59. The van der Waals surface area contributed by atoms with Crippen molar-refractivity contribution in [3.05, 3.63) is 29.8 Å². The molecule has 0 spiro atoms. The largest absolute Gasteiger partial charge is 1.00 e. The van der Waals surface area contributed by atoms with Crippen molar-refractivity contribution in [2.75, 3.05) is 0 Å². The zero-order chi connectivity index (χ0) is 8.77. The molecule has 5 N–H and O–H groups in total. The first-order valence-corrected chi connectivity index (χ1v) is 4.76. The van der Waals surface area contributed by atoms with Gasteiger partial charge in [0.25, 0.3) is 15.9 Å². The molecule has 1 heterocycles. The number of amides is 1. The van der Waals surface area contributed by atoms with E-state index in [0.29, 0.717) is 0 Å². The van der Waals surface area contributed by atoms with E-state index in [9.17, 15) is 13.2 Å². The summed E-state index contributed by atoms with van der Waals surface area (Å²) < 4.78 is 24.2. The number of carbonyl (C=O) groups excluding carboxylic acids is 1. The molecule has 0 saturated heterocycles. The monoisotopic (exact) mass is 242 g/mol. The standard InChI is InChI=1S/C7H5NO3S.Na.2H2O/c9-7-5-3-1-2-4-6(5)12(10,11)8-7;;;/h1-4H,(H,8,9);;2*1H2/q;+1;;. The molecule has 0 atom stereocenters. The Bertz CT molecular complexity index is 458. The van der Waals surface area contributed by atoms with Crippen molar-refractivity contribution in [2.45, 2.75) is 4.90 Å². The number of nitrogens with one attached hydrogen (secondary N) is 1. The van der Waals surface area contributed by atoms with E-state index in [2.05, 4.69) is 0 Å². The summed E-state index contributed by atoms with van der Waals surface area (Å²) in [6.45, 7) is 0. The molecule has 0 saturated carbocycles. The number of hydrogen-bond donors (Lipinski definition) is 1. The molecule has 0 aromatic heterocycles. The summed E-state index contributed by atoms with van der Waals surface area (Å²) in [4.78, 5) is 11.1. The van der Waals surface area contributed by atoms with Crippen LogP contribution in [0.5, 0.6) is 0 Å². The molecule has 1 aliphatic heterocycles. The molecule has 0 unspecified atom stereocenters. The van der Waals surface area contributed by atoms with Crippen LogP contribution in [-0.2, 0) is 10.0 Å². The van der Waals surface area contributed by atoms with Gasteiger partial charge in [0.05, 0.1) is 5.56 Å². The van der Waals surface area contributed by atoms with Gasteiger partial charge in [0.15, 0.2) is 0 Å². The van der Waals surface area contributed by atoms with E-state index in [1.807, 2.05) is 4.72 Å². The first-order chi connectivity index (χ1) is 5.61. The van der Waals surface area contributed by atoms with Gasteiger partial charge >= 0.3 is 29.6 Å². The maximum Gasteiger partial charge on any atom is 1.00 e. The Hall–Kier alpha value is -0.440. The fourth-order valence-corrected chi connectivity index (χ4v) is 2.29. The fraction of sp³-hybridized carbons (Fsp3) is 0. The summed E-state index contributed by atoms with van der Waals surface area (Å²) in [5.41, 5.74) is 0.220. The topological polar surface area (TPSA) is 126 Å². The number of sulfonamides is 1. The molecule has 8 heteroatoms. The van der Waals surface area contributed by atoms with Crippen LogP contribution >= 0.6 is 0 Å². The molecule has 1 amide bonds. The fourth-order valence-electron chi connectivity index (χ4n) is 1.12. The van der Waals surface area contributed by atoms with Crippen molar-refractivity contribution in [2.24, 2.45) is 0 Å². The average Bonchev–Trinajstić information content (AvgIpc) is 2.25. The summed E-state index contributed by atoms with van der Waals surface area (Å²) in [6, 6.07) is 6.09. The van der Waals surface area contributed by atoms with E-state index in [-0.39, 0.29) is 51.0 Å². The Labute approximate surface area is 109 Å². The summed E-state index contributed by atoms with van der Waals surface area (Å²) in [7, 11) is -3.55. The van der Waals surface area contributed by atoms with E-state index in [1.54, 1.807) is 12.1 Å². The van der Waals surface area contributed by atoms with Gasteiger partial charge in [0.2, 0.25) is 0 Å². The van der Waals surface area contributed by atoms with Crippen LogP contribution in [0.15, 0.2) is 29.2 Å². The van der Waals surface area contributed by atoms with Crippen molar-refractivity contribution in [1.29, 1.82) is 0 Å². The van der Waals surface area contributed by atoms with Gasteiger partial charge in [-0.1, -0.05) is 12.1 Å². The third-order valence-electron chi connectivity index (χ3n) is 1.65. The van der Waals surface area contributed by atoms with Gasteiger partial charge in [-0.25, -0.2) is 13.1 Å². The predicted molar refractivity (Wildman–Crippen MR) is 48.3 cm³/mol. The molecule has 0 fully saturated rings. The molecule has 0 radical (unpaired) electrons. The van der Waals surface area contributed by atoms with Crippen LogP contribution in [0.1, 0.15) is 10.4 Å². The number of hydrogen-bond acceptors (Lipinski definition) is 3. The molecule has 0 bridgehead atoms. The second-order valence-corrected chi connectivity index (χ2v) is 4.08. The molecule has 1 aliphatic rings. The van der Waals surface area contributed by atoms with Gasteiger partial charge in [-0.3, -0.25) is 4.79 Å². The zero-order valence-electron chi connectivity index (χ0n) is 7.94. The third kappa shape index (κ3) is 2.77. The van der Waals surface area contributed by atoms with Gasteiger partial charge in [0, 0.05) is 0 Å². The summed E-state index contributed by atoms with van der Waals surface area (Å²) in [6.07, 6.45) is 0. The van der Waals surface area contributed by atoms with Crippen LogP contribution in [0.4, 0.5) is 0 Å². The van der Waals surface area contributed by atoms with Crippen LogP contribution in [0, 0.1) is 0 Å². The number of benzene rings is 1. The first kappa shape index (κ1) is 17.0. The summed E-state index contributed by atoms with van der Waals surface area (Å²) >= 11 is 0. The van der Waals surface area contributed by atoms with Crippen LogP contribution in [0.2, 0.25) is 0 Å². The van der Waals surface area contributed by atoms with E-state index in [0.717, 1.165) is 0 Å². The van der Waals surface area contributed by atoms with Crippen molar-refractivity contribution < 1.29 is 53.7 Å². The van der Waals surface area contributed by atoms with Crippen LogP contribution < -0.4 is 34.3 Å². The molecule has 2 rings (SSSR count). The summed E-state index contributed by atoms with van der Waals surface area (Å²) in [5.74, 6) is -0.550. The molecule has 0 aliphatic carbocycles. The molecular formula is C7H9NNaO5S+. The normalized spacial score (nSPS) is 14.8. The molecule has 1 aromatic rings. The predicted octanol–water partition coefficient (Wildman–Crippen LogP) is -4.53. The van der Waals surface area contributed by atoms with Gasteiger partial charge in [-0.05, 0) is 12.1 Å². The Morgan fingerprint density at radius 2 is 1.60 bits per heavy atom. The van der Waals surface area contributed by atoms with E-state index < -0.39 is 15.9 Å². The van der Waals surface area contributed by atoms with E-state index in [1.165, 1.54) is 12.1 Å². The minimum absolute atomic E-state index is 0. The van der Waals surface area contributed by atoms with E-state index in [4.69, 9.17) is 0 Å². The maximum absolute atomic E-state index is 11.1. The van der Waals surface area contributed by atoms with Gasteiger partial charge in [-0.15, -0.1) is 0 Å². The van der Waals surface area contributed by atoms with E-state index >= 15 is 0 Å². The number of fused-ring (bicyclic) bond motifs is 1. The van der Waals surface area contributed by atoms with Crippen LogP contribution in [-0.4, -0.2) is 25.3 Å². The number of carbonyl (C=O) groups is 1. The van der Waals surface area contributed by atoms with Crippen molar-refractivity contribution in [3.8, 4) is 0 Å². The van der Waals surface area contributed by atoms with Crippen molar-refractivity contribution in [3.63, 3.8) is 0 Å². The molecule has 6 nitrogen and oxygen atoms in total. The smallest absolute Gasteiger partial charge is 0.412 e. The quantitative estimate of drug-likeness (QED) is 0.460. The Morgan fingerprint density at radius 1 is 1.07 bits per heavy atom. The molecular weight excluding hydrogens is 233 g/mol. The van der Waals surface area contributed by atoms with Gasteiger partial charge in [-0.2, -0.15) is 0 Å². The molecule has 15 heavy (non-hydrogen) atoms. The minimum Gasteiger partial charge on any atom is -0.412 e.